The van der Waals surface area contributed by atoms with Gasteiger partial charge in [-0.05, 0) is 26.0 Å². The molecule has 0 saturated heterocycles. The van der Waals surface area contributed by atoms with Gasteiger partial charge in [-0.2, -0.15) is 0 Å². The molecule has 5 nitrogen and oxygen atoms in total. The summed E-state index contributed by atoms with van der Waals surface area (Å²) in [6.45, 7) is 3.66. The molecule has 0 spiro atoms. The molecule has 9 heteroatoms. The Morgan fingerprint density at radius 1 is 1.32 bits per heavy atom. The molecule has 22 heavy (non-hydrogen) atoms. The van der Waals surface area contributed by atoms with Crippen LogP contribution in [0.4, 0.5) is 0 Å². The van der Waals surface area contributed by atoms with Crippen LogP contribution in [0.2, 0.25) is 0 Å². The zero-order chi connectivity index (χ0) is 15.7. The Balaban J connectivity index is 0.00000242. The Morgan fingerprint density at radius 2 is 1.91 bits per heavy atom. The fourth-order valence-electron chi connectivity index (χ4n) is 1.46. The fraction of sp³-hybridized carbons (Fsp3) is 0.308. The summed E-state index contributed by atoms with van der Waals surface area (Å²) < 4.78 is 27.7. The van der Waals surface area contributed by atoms with Gasteiger partial charge in [0.1, 0.15) is 5.01 Å². The Labute approximate surface area is 148 Å². The van der Waals surface area contributed by atoms with Crippen molar-refractivity contribution in [2.24, 2.45) is 5.73 Å². The number of hydrogen-bond acceptors (Lipinski definition) is 5. The van der Waals surface area contributed by atoms with Gasteiger partial charge in [-0.1, -0.05) is 28.1 Å². The molecule has 2 rings (SSSR count). The monoisotopic (exact) mass is 425 g/mol. The van der Waals surface area contributed by atoms with Crippen molar-refractivity contribution in [3.63, 3.8) is 0 Å². The molecule has 2 aromatic rings. The lowest BCUT2D eigenvalue weighted by molar-refractivity contribution is 0.497. The summed E-state index contributed by atoms with van der Waals surface area (Å²) in [6, 6.07) is 7.55. The largest absolute Gasteiger partial charge is 0.324 e. The van der Waals surface area contributed by atoms with E-state index in [9.17, 15) is 8.42 Å². The molecule has 0 bridgehead atoms. The molecule has 0 saturated carbocycles. The van der Waals surface area contributed by atoms with Crippen LogP contribution < -0.4 is 10.5 Å². The Hall–Kier alpha value is -0.510. The Bertz CT molecular complexity index is 724. The lowest BCUT2D eigenvalue weighted by atomic mass is 10.1. The first-order chi connectivity index (χ1) is 9.67. The van der Waals surface area contributed by atoms with Gasteiger partial charge in [0, 0.05) is 27.5 Å². The van der Waals surface area contributed by atoms with Crippen LogP contribution in [0.1, 0.15) is 13.8 Å². The molecule has 0 aliphatic rings. The molecule has 1 aromatic heterocycles. The lowest BCUT2D eigenvalue weighted by Gasteiger charge is -2.18. The molecule has 0 unspecified atom stereocenters. The summed E-state index contributed by atoms with van der Waals surface area (Å²) >= 11 is 4.65. The number of thiazole rings is 1. The fourth-order valence-corrected chi connectivity index (χ4v) is 4.05. The molecular formula is C13H17BrClN3O2S2. The number of sulfonamides is 1. The predicted octanol–water partition coefficient (Wildman–Crippen LogP) is 3.01. The van der Waals surface area contributed by atoms with E-state index in [4.69, 9.17) is 5.73 Å². The van der Waals surface area contributed by atoms with Crippen LogP contribution in [0.25, 0.3) is 10.6 Å². The lowest BCUT2D eigenvalue weighted by Crippen LogP contribution is -2.45. The summed E-state index contributed by atoms with van der Waals surface area (Å²) in [7, 11) is -3.63. The standard InChI is InChI=1S/C13H16BrN3O2S2.ClH/c1-13(2,15)8-16-21(18,19)11-7-20-12(17-11)9-3-5-10(14)6-4-9;/h3-7,16H,8,15H2,1-2H3;1H. The van der Waals surface area contributed by atoms with Crippen LogP contribution in [-0.2, 0) is 10.0 Å². The molecular weight excluding hydrogens is 410 g/mol. The Kier molecular flexibility index (Phi) is 6.55. The third kappa shape index (κ3) is 5.29. The number of rotatable bonds is 5. The summed E-state index contributed by atoms with van der Waals surface area (Å²) in [5.41, 5.74) is 6.05. The van der Waals surface area contributed by atoms with Gasteiger partial charge >= 0.3 is 0 Å². The van der Waals surface area contributed by atoms with Gasteiger partial charge in [-0.3, -0.25) is 0 Å². The van der Waals surface area contributed by atoms with Crippen LogP contribution in [-0.4, -0.2) is 25.5 Å². The van der Waals surface area contributed by atoms with Crippen molar-refractivity contribution in [2.45, 2.75) is 24.4 Å². The highest BCUT2D eigenvalue weighted by Gasteiger charge is 2.21. The highest BCUT2D eigenvalue weighted by molar-refractivity contribution is 9.10. The van der Waals surface area contributed by atoms with E-state index in [-0.39, 0.29) is 24.0 Å². The van der Waals surface area contributed by atoms with Crippen molar-refractivity contribution in [3.8, 4) is 10.6 Å². The van der Waals surface area contributed by atoms with Gasteiger partial charge in [0.05, 0.1) is 0 Å². The molecule has 0 aliphatic carbocycles. The third-order valence-electron chi connectivity index (χ3n) is 2.57. The van der Waals surface area contributed by atoms with E-state index in [1.165, 1.54) is 16.7 Å². The van der Waals surface area contributed by atoms with Gasteiger partial charge in [0.2, 0.25) is 0 Å². The van der Waals surface area contributed by atoms with E-state index in [2.05, 4.69) is 25.6 Å². The highest BCUT2D eigenvalue weighted by atomic mass is 79.9. The van der Waals surface area contributed by atoms with E-state index < -0.39 is 15.6 Å². The molecule has 0 aliphatic heterocycles. The summed E-state index contributed by atoms with van der Waals surface area (Å²) in [5.74, 6) is 0. The topological polar surface area (TPSA) is 85.1 Å². The van der Waals surface area contributed by atoms with E-state index in [1.807, 2.05) is 24.3 Å². The van der Waals surface area contributed by atoms with Crippen LogP contribution in [0, 0.1) is 0 Å². The number of halogens is 2. The normalized spacial score (nSPS) is 12.0. The molecule has 0 radical (unpaired) electrons. The molecule has 0 fully saturated rings. The number of nitrogens with zero attached hydrogens (tertiary/aromatic N) is 1. The maximum Gasteiger partial charge on any atom is 0.258 e. The smallest absolute Gasteiger partial charge is 0.258 e. The molecule has 122 valence electrons. The van der Waals surface area contributed by atoms with E-state index in [0.29, 0.717) is 5.01 Å². The number of aromatic nitrogens is 1. The van der Waals surface area contributed by atoms with Crippen molar-refractivity contribution in [1.29, 1.82) is 0 Å². The zero-order valence-corrected chi connectivity index (χ0v) is 16.1. The van der Waals surface area contributed by atoms with Crippen molar-refractivity contribution in [2.75, 3.05) is 6.54 Å². The Morgan fingerprint density at radius 3 is 2.45 bits per heavy atom. The van der Waals surface area contributed by atoms with Gasteiger partial charge in [-0.25, -0.2) is 18.1 Å². The van der Waals surface area contributed by atoms with E-state index in [1.54, 1.807) is 13.8 Å². The predicted molar refractivity (Wildman–Crippen MR) is 96.0 cm³/mol. The summed E-state index contributed by atoms with van der Waals surface area (Å²) in [4.78, 5) is 4.19. The van der Waals surface area contributed by atoms with Crippen molar-refractivity contribution in [1.82, 2.24) is 9.71 Å². The van der Waals surface area contributed by atoms with Crippen LogP contribution in [0.15, 0.2) is 39.1 Å². The van der Waals surface area contributed by atoms with Crippen LogP contribution >= 0.6 is 39.7 Å². The average Bonchev–Trinajstić information content (AvgIpc) is 2.87. The number of nitrogens with two attached hydrogens (primary N) is 1. The average molecular weight is 427 g/mol. The maximum absolute atomic E-state index is 12.1. The summed E-state index contributed by atoms with van der Waals surface area (Å²) in [5, 5.41) is 2.22. The molecule has 1 aromatic carbocycles. The molecule has 0 atom stereocenters. The first-order valence-electron chi connectivity index (χ1n) is 6.17. The van der Waals surface area contributed by atoms with Gasteiger partial charge in [-0.15, -0.1) is 23.7 Å². The first kappa shape index (κ1) is 19.5. The molecule has 3 N–H and O–H groups in total. The highest BCUT2D eigenvalue weighted by Crippen LogP contribution is 2.26. The van der Waals surface area contributed by atoms with Gasteiger partial charge in [0.15, 0.2) is 5.03 Å². The SMILES string of the molecule is CC(C)(N)CNS(=O)(=O)c1csc(-c2ccc(Br)cc2)n1.Cl. The second kappa shape index (κ2) is 7.37. The number of nitrogens with one attached hydrogen (secondary N) is 1. The van der Waals surface area contributed by atoms with Crippen LogP contribution in [0.3, 0.4) is 0 Å². The van der Waals surface area contributed by atoms with Crippen LogP contribution in [0.5, 0.6) is 0 Å². The molecule has 0 amide bonds. The van der Waals surface area contributed by atoms with E-state index in [0.717, 1.165) is 10.0 Å². The second-order valence-electron chi connectivity index (χ2n) is 5.31. The quantitative estimate of drug-likeness (QED) is 0.769. The first-order valence-corrected chi connectivity index (χ1v) is 9.33. The van der Waals surface area contributed by atoms with Crippen molar-refractivity contribution >= 4 is 49.7 Å². The minimum Gasteiger partial charge on any atom is -0.324 e. The number of hydrogen-bond donors (Lipinski definition) is 2. The minimum atomic E-state index is -3.63. The van der Waals surface area contributed by atoms with Crippen molar-refractivity contribution in [3.05, 3.63) is 34.1 Å². The number of benzene rings is 1. The van der Waals surface area contributed by atoms with Gasteiger partial charge < -0.3 is 5.73 Å². The second-order valence-corrected chi connectivity index (χ2v) is 8.80. The maximum atomic E-state index is 12.1. The van der Waals surface area contributed by atoms with Gasteiger partial charge in [0.25, 0.3) is 10.0 Å². The zero-order valence-electron chi connectivity index (χ0n) is 12.0. The van der Waals surface area contributed by atoms with Crippen molar-refractivity contribution < 1.29 is 8.42 Å². The third-order valence-corrected chi connectivity index (χ3v) is 5.42. The molecule has 1 heterocycles. The summed E-state index contributed by atoms with van der Waals surface area (Å²) in [6.07, 6.45) is 0. The van der Waals surface area contributed by atoms with E-state index >= 15 is 0 Å². The minimum absolute atomic E-state index is 0.